The van der Waals surface area contributed by atoms with Crippen LogP contribution in [0.1, 0.15) is 42.0 Å². The van der Waals surface area contributed by atoms with Crippen LogP contribution < -0.4 is 5.56 Å². The fraction of sp³-hybridized carbons (Fsp3) is 0.294. The van der Waals surface area contributed by atoms with Gasteiger partial charge in [-0.15, -0.1) is 0 Å². The zero-order chi connectivity index (χ0) is 15.1. The number of hydrogen-bond donors (Lipinski definition) is 1. The Hall–Kier alpha value is -2.07. The van der Waals surface area contributed by atoms with Crippen LogP contribution in [0.15, 0.2) is 41.3 Å². The first kappa shape index (κ1) is 13.6. The number of nitrogens with zero attached hydrogens (tertiary/aromatic N) is 2. The summed E-state index contributed by atoms with van der Waals surface area (Å²) in [4.78, 5) is 17.5. The zero-order valence-electron chi connectivity index (χ0n) is 12.1. The molecule has 0 radical (unpaired) electrons. The molecule has 0 unspecified atom stereocenters. The van der Waals surface area contributed by atoms with Crippen LogP contribution in [0.4, 0.5) is 0 Å². The highest BCUT2D eigenvalue weighted by atomic mass is 35.5. The molecule has 0 bridgehead atoms. The summed E-state index contributed by atoms with van der Waals surface area (Å²) in [5, 5.41) is 3.65. The SMILES string of the molecule is O=c1c(Cc2ccc(Cl)cc2)c(C2CCC2)nc2cc[nH]n12. The molecule has 2 aromatic heterocycles. The van der Waals surface area contributed by atoms with E-state index in [0.29, 0.717) is 23.0 Å². The van der Waals surface area contributed by atoms with Crippen molar-refractivity contribution < 1.29 is 0 Å². The van der Waals surface area contributed by atoms with Gasteiger partial charge >= 0.3 is 0 Å². The van der Waals surface area contributed by atoms with Crippen LogP contribution in [0.5, 0.6) is 0 Å². The average molecular weight is 314 g/mol. The molecule has 0 amide bonds. The van der Waals surface area contributed by atoms with Crippen molar-refractivity contribution in [2.24, 2.45) is 0 Å². The van der Waals surface area contributed by atoms with Gasteiger partial charge in [-0.25, -0.2) is 9.50 Å². The minimum Gasteiger partial charge on any atom is -0.297 e. The molecule has 2 heterocycles. The molecular formula is C17H16ClN3O. The quantitative estimate of drug-likeness (QED) is 0.804. The molecule has 0 atom stereocenters. The van der Waals surface area contributed by atoms with Crippen LogP contribution in [0.3, 0.4) is 0 Å². The van der Waals surface area contributed by atoms with Gasteiger partial charge in [0, 0.05) is 35.2 Å². The molecule has 4 nitrogen and oxygen atoms in total. The maximum Gasteiger partial charge on any atom is 0.276 e. The summed E-state index contributed by atoms with van der Waals surface area (Å²) in [5.41, 5.74) is 3.56. The number of H-pyrrole nitrogens is 1. The van der Waals surface area contributed by atoms with Crippen molar-refractivity contribution in [3.63, 3.8) is 0 Å². The van der Waals surface area contributed by atoms with E-state index < -0.39 is 0 Å². The van der Waals surface area contributed by atoms with Crippen molar-refractivity contribution in [2.45, 2.75) is 31.6 Å². The van der Waals surface area contributed by atoms with Crippen LogP contribution in [0.25, 0.3) is 5.65 Å². The Balaban J connectivity index is 1.84. The molecule has 4 rings (SSSR count). The minimum absolute atomic E-state index is 0.00634. The van der Waals surface area contributed by atoms with Gasteiger partial charge in [0.1, 0.15) is 0 Å². The number of aromatic nitrogens is 3. The highest BCUT2D eigenvalue weighted by Gasteiger charge is 2.26. The van der Waals surface area contributed by atoms with Crippen molar-refractivity contribution in [1.29, 1.82) is 0 Å². The van der Waals surface area contributed by atoms with Gasteiger partial charge in [-0.2, -0.15) is 0 Å². The van der Waals surface area contributed by atoms with Gasteiger partial charge in [-0.3, -0.25) is 9.89 Å². The smallest absolute Gasteiger partial charge is 0.276 e. The molecule has 1 aliphatic carbocycles. The Morgan fingerprint density at radius 1 is 1.23 bits per heavy atom. The number of nitrogens with one attached hydrogen (secondary N) is 1. The molecule has 22 heavy (non-hydrogen) atoms. The third-order valence-electron chi connectivity index (χ3n) is 4.46. The van der Waals surface area contributed by atoms with E-state index in [-0.39, 0.29) is 5.56 Å². The molecule has 1 aromatic carbocycles. The van der Waals surface area contributed by atoms with E-state index in [2.05, 4.69) is 5.10 Å². The fourth-order valence-corrected chi connectivity index (χ4v) is 3.13. The van der Waals surface area contributed by atoms with Crippen molar-refractivity contribution >= 4 is 17.2 Å². The second-order valence-electron chi connectivity index (χ2n) is 5.87. The summed E-state index contributed by atoms with van der Waals surface area (Å²) in [6, 6.07) is 9.50. The molecule has 5 heteroatoms. The van der Waals surface area contributed by atoms with E-state index in [1.54, 1.807) is 6.20 Å². The number of fused-ring (bicyclic) bond motifs is 1. The molecule has 1 fully saturated rings. The van der Waals surface area contributed by atoms with E-state index in [1.807, 2.05) is 30.3 Å². The summed E-state index contributed by atoms with van der Waals surface area (Å²) >= 11 is 5.94. The summed E-state index contributed by atoms with van der Waals surface area (Å²) < 4.78 is 1.52. The first-order valence-electron chi connectivity index (χ1n) is 7.56. The molecular weight excluding hydrogens is 298 g/mol. The van der Waals surface area contributed by atoms with E-state index in [9.17, 15) is 4.79 Å². The van der Waals surface area contributed by atoms with Gasteiger partial charge in [0.15, 0.2) is 5.65 Å². The summed E-state index contributed by atoms with van der Waals surface area (Å²) in [6.45, 7) is 0. The maximum absolute atomic E-state index is 12.8. The summed E-state index contributed by atoms with van der Waals surface area (Å²) in [6.07, 6.45) is 5.82. The number of rotatable bonds is 3. The molecule has 112 valence electrons. The number of aromatic amines is 1. The molecule has 1 saturated carbocycles. The van der Waals surface area contributed by atoms with Crippen LogP contribution in [0, 0.1) is 0 Å². The van der Waals surface area contributed by atoms with Gasteiger partial charge < -0.3 is 0 Å². The van der Waals surface area contributed by atoms with Gasteiger partial charge in [-0.05, 0) is 30.5 Å². The van der Waals surface area contributed by atoms with Crippen molar-refractivity contribution in [3.05, 3.63) is 68.7 Å². The predicted octanol–water partition coefficient (Wildman–Crippen LogP) is 3.53. The number of halogens is 1. The minimum atomic E-state index is 0.00634. The Bertz CT molecular complexity index is 875. The molecule has 1 N–H and O–H groups in total. The number of hydrogen-bond acceptors (Lipinski definition) is 2. The van der Waals surface area contributed by atoms with Gasteiger partial charge in [-0.1, -0.05) is 30.2 Å². The largest absolute Gasteiger partial charge is 0.297 e. The monoisotopic (exact) mass is 313 g/mol. The third-order valence-corrected chi connectivity index (χ3v) is 4.71. The van der Waals surface area contributed by atoms with Crippen LogP contribution in [-0.2, 0) is 6.42 Å². The maximum atomic E-state index is 12.8. The fourth-order valence-electron chi connectivity index (χ4n) is 3.00. The lowest BCUT2D eigenvalue weighted by Gasteiger charge is -2.26. The summed E-state index contributed by atoms with van der Waals surface area (Å²) in [7, 11) is 0. The van der Waals surface area contributed by atoms with Crippen molar-refractivity contribution in [3.8, 4) is 0 Å². The van der Waals surface area contributed by atoms with Crippen LogP contribution >= 0.6 is 11.6 Å². The second kappa shape index (κ2) is 5.29. The van der Waals surface area contributed by atoms with Crippen LogP contribution in [0.2, 0.25) is 5.02 Å². The Labute approximate surface area is 132 Å². The molecule has 3 aromatic rings. The normalized spacial score (nSPS) is 15.1. The molecule has 1 aliphatic rings. The average Bonchev–Trinajstić information content (AvgIpc) is 2.92. The van der Waals surface area contributed by atoms with E-state index in [4.69, 9.17) is 16.6 Å². The first-order chi connectivity index (χ1) is 10.7. The molecule has 0 aliphatic heterocycles. The van der Waals surface area contributed by atoms with E-state index in [0.717, 1.165) is 29.7 Å². The molecule has 0 saturated heterocycles. The summed E-state index contributed by atoms with van der Waals surface area (Å²) in [5.74, 6) is 0.426. The molecule has 0 spiro atoms. The lowest BCUT2D eigenvalue weighted by molar-refractivity contribution is 0.408. The number of benzene rings is 1. The van der Waals surface area contributed by atoms with Crippen LogP contribution in [-0.4, -0.2) is 14.6 Å². The first-order valence-corrected chi connectivity index (χ1v) is 7.93. The topological polar surface area (TPSA) is 50.2 Å². The van der Waals surface area contributed by atoms with Gasteiger partial charge in [0.25, 0.3) is 5.56 Å². The zero-order valence-corrected chi connectivity index (χ0v) is 12.8. The highest BCUT2D eigenvalue weighted by molar-refractivity contribution is 6.30. The highest BCUT2D eigenvalue weighted by Crippen LogP contribution is 2.36. The predicted molar refractivity (Wildman–Crippen MR) is 86.7 cm³/mol. The van der Waals surface area contributed by atoms with E-state index >= 15 is 0 Å². The second-order valence-corrected chi connectivity index (χ2v) is 6.30. The lowest BCUT2D eigenvalue weighted by atomic mass is 9.80. The standard InChI is InChI=1S/C17H16ClN3O/c18-13-6-4-11(5-7-13)10-14-16(12-2-1-3-12)20-15-8-9-19-21(15)17(14)22/h4-9,12,19H,1-3,10H2. The van der Waals surface area contributed by atoms with E-state index in [1.165, 1.54) is 10.9 Å². The lowest BCUT2D eigenvalue weighted by Crippen LogP contribution is -2.26. The van der Waals surface area contributed by atoms with Crippen molar-refractivity contribution in [1.82, 2.24) is 14.6 Å². The van der Waals surface area contributed by atoms with Crippen molar-refractivity contribution in [2.75, 3.05) is 0 Å². The Morgan fingerprint density at radius 2 is 2.00 bits per heavy atom. The third kappa shape index (κ3) is 2.24. The Morgan fingerprint density at radius 3 is 2.68 bits per heavy atom. The Kier molecular flexibility index (Phi) is 3.26. The van der Waals surface area contributed by atoms with Gasteiger partial charge in [0.2, 0.25) is 0 Å². The van der Waals surface area contributed by atoms with Gasteiger partial charge in [0.05, 0.1) is 5.69 Å².